The molecule has 1 saturated heterocycles. The molecule has 2 N–H and O–H groups in total. The average Bonchev–Trinajstić information content (AvgIpc) is 2.64. The minimum atomic E-state index is -0.499. The maximum Gasteiger partial charge on any atom is 0.172 e. The fourth-order valence-electron chi connectivity index (χ4n) is 1.70. The van der Waals surface area contributed by atoms with E-state index in [-0.39, 0.29) is 24.0 Å². The Bertz CT molecular complexity index is 381. The lowest BCUT2D eigenvalue weighted by molar-refractivity contribution is 0.0892. The maximum absolute atomic E-state index is 13.3. The first-order chi connectivity index (χ1) is 7.20. The molecule has 0 aliphatic carbocycles. The number of carbonyl (C=O) groups is 1. The van der Waals surface area contributed by atoms with E-state index in [0.29, 0.717) is 6.61 Å². The first-order valence-electron chi connectivity index (χ1n) is 4.82. The van der Waals surface area contributed by atoms with Crippen LogP contribution in [0.5, 0.6) is 0 Å². The molecular weight excluding hydrogens is 197 g/mol. The van der Waals surface area contributed by atoms with Crippen LogP contribution in [0.1, 0.15) is 10.4 Å². The number of hydrogen-bond donors (Lipinski definition) is 1. The van der Waals surface area contributed by atoms with Crippen LogP contribution in [0.25, 0.3) is 0 Å². The zero-order valence-corrected chi connectivity index (χ0v) is 8.15. The molecule has 4 heteroatoms. The maximum atomic E-state index is 13.3. The lowest BCUT2D eigenvalue weighted by atomic mass is 9.94. The largest absolute Gasteiger partial charge is 0.379 e. The molecule has 1 aliphatic rings. The first kappa shape index (κ1) is 10.3. The molecule has 1 aromatic rings. The number of benzene rings is 1. The van der Waals surface area contributed by atoms with E-state index >= 15 is 0 Å². The van der Waals surface area contributed by atoms with Gasteiger partial charge in [-0.25, -0.2) is 4.39 Å². The number of rotatable bonds is 2. The molecule has 3 nitrogen and oxygen atoms in total. The van der Waals surface area contributed by atoms with Crippen LogP contribution in [0.15, 0.2) is 24.3 Å². The highest BCUT2D eigenvalue weighted by atomic mass is 19.1. The van der Waals surface area contributed by atoms with E-state index in [0.717, 1.165) is 0 Å². The van der Waals surface area contributed by atoms with E-state index in [1.807, 2.05) is 0 Å². The van der Waals surface area contributed by atoms with Gasteiger partial charge in [-0.05, 0) is 12.1 Å². The van der Waals surface area contributed by atoms with Gasteiger partial charge in [0.15, 0.2) is 5.78 Å². The van der Waals surface area contributed by atoms with Gasteiger partial charge in [-0.2, -0.15) is 0 Å². The summed E-state index contributed by atoms with van der Waals surface area (Å²) in [5, 5.41) is 0. The quantitative estimate of drug-likeness (QED) is 0.739. The Kier molecular flexibility index (Phi) is 2.79. The molecule has 0 bridgehead atoms. The van der Waals surface area contributed by atoms with Crippen molar-refractivity contribution < 1.29 is 13.9 Å². The predicted octanol–water partition coefficient (Wildman–Crippen LogP) is 0.982. The van der Waals surface area contributed by atoms with Gasteiger partial charge in [0, 0.05) is 6.04 Å². The van der Waals surface area contributed by atoms with Crippen molar-refractivity contribution in [3.05, 3.63) is 35.6 Å². The summed E-state index contributed by atoms with van der Waals surface area (Å²) < 4.78 is 18.4. The van der Waals surface area contributed by atoms with Crippen LogP contribution in [0, 0.1) is 11.7 Å². The third kappa shape index (κ3) is 1.91. The summed E-state index contributed by atoms with van der Waals surface area (Å²) in [6, 6.07) is 5.61. The minimum Gasteiger partial charge on any atom is -0.379 e. The molecule has 0 aromatic heterocycles. The summed E-state index contributed by atoms with van der Waals surface area (Å²) in [4.78, 5) is 11.9. The number of carbonyl (C=O) groups excluding carboxylic acids is 1. The first-order valence-corrected chi connectivity index (χ1v) is 4.82. The monoisotopic (exact) mass is 209 g/mol. The molecule has 80 valence electrons. The van der Waals surface area contributed by atoms with E-state index < -0.39 is 11.7 Å². The van der Waals surface area contributed by atoms with Gasteiger partial charge in [-0.15, -0.1) is 0 Å². The van der Waals surface area contributed by atoms with Crippen LogP contribution in [-0.2, 0) is 4.74 Å². The third-order valence-corrected chi connectivity index (χ3v) is 2.60. The van der Waals surface area contributed by atoms with Gasteiger partial charge in [0.25, 0.3) is 0 Å². The fraction of sp³-hybridized carbons (Fsp3) is 0.364. The second-order valence-electron chi connectivity index (χ2n) is 3.65. The lowest BCUT2D eigenvalue weighted by Gasteiger charge is -2.11. The third-order valence-electron chi connectivity index (χ3n) is 2.60. The number of Topliss-reactive ketones (excluding diaryl/α,β-unsaturated/α-hetero) is 1. The fourth-order valence-corrected chi connectivity index (χ4v) is 1.70. The van der Waals surface area contributed by atoms with Gasteiger partial charge < -0.3 is 10.5 Å². The molecular formula is C11H12FNO2. The zero-order chi connectivity index (χ0) is 10.8. The van der Waals surface area contributed by atoms with Crippen LogP contribution in [0.2, 0.25) is 0 Å². The molecule has 1 heterocycles. The van der Waals surface area contributed by atoms with Crippen molar-refractivity contribution in [3.63, 3.8) is 0 Å². The predicted molar refractivity (Wildman–Crippen MR) is 53.0 cm³/mol. The highest BCUT2D eigenvalue weighted by Crippen LogP contribution is 2.19. The van der Waals surface area contributed by atoms with E-state index in [1.165, 1.54) is 12.1 Å². The highest BCUT2D eigenvalue weighted by molar-refractivity contribution is 5.98. The number of ether oxygens (including phenoxy) is 1. The van der Waals surface area contributed by atoms with Gasteiger partial charge in [0.05, 0.1) is 24.7 Å². The van der Waals surface area contributed by atoms with Gasteiger partial charge >= 0.3 is 0 Å². The number of nitrogens with two attached hydrogens (primary N) is 1. The van der Waals surface area contributed by atoms with Crippen molar-refractivity contribution in [2.24, 2.45) is 11.7 Å². The Balaban J connectivity index is 2.24. The van der Waals surface area contributed by atoms with Crippen molar-refractivity contribution in [3.8, 4) is 0 Å². The van der Waals surface area contributed by atoms with Crippen LogP contribution in [0.4, 0.5) is 4.39 Å². The molecule has 1 aliphatic heterocycles. The molecule has 0 radical (unpaired) electrons. The SMILES string of the molecule is NC1COCC1C(=O)c1ccccc1F. The number of hydrogen-bond acceptors (Lipinski definition) is 3. The average molecular weight is 209 g/mol. The number of halogens is 1. The molecule has 0 spiro atoms. The van der Waals surface area contributed by atoms with Crippen LogP contribution in [0.3, 0.4) is 0 Å². The van der Waals surface area contributed by atoms with Crippen LogP contribution in [-0.4, -0.2) is 25.0 Å². The summed E-state index contributed by atoms with van der Waals surface area (Å²) in [6.45, 7) is 0.652. The Labute approximate surface area is 87.0 Å². The van der Waals surface area contributed by atoms with Gasteiger partial charge in [-0.1, -0.05) is 12.1 Å². The molecule has 2 atom stereocenters. The van der Waals surface area contributed by atoms with Crippen LogP contribution < -0.4 is 5.73 Å². The van der Waals surface area contributed by atoms with Crippen molar-refractivity contribution in [1.29, 1.82) is 0 Å². The highest BCUT2D eigenvalue weighted by Gasteiger charge is 2.32. The van der Waals surface area contributed by atoms with Crippen molar-refractivity contribution in [2.75, 3.05) is 13.2 Å². The van der Waals surface area contributed by atoms with E-state index in [1.54, 1.807) is 12.1 Å². The molecule has 0 amide bonds. The Morgan fingerprint density at radius 1 is 1.40 bits per heavy atom. The van der Waals surface area contributed by atoms with Crippen LogP contribution >= 0.6 is 0 Å². The summed E-state index contributed by atoms with van der Waals surface area (Å²) >= 11 is 0. The van der Waals surface area contributed by atoms with Gasteiger partial charge in [0.1, 0.15) is 5.82 Å². The molecule has 2 rings (SSSR count). The molecule has 1 aromatic carbocycles. The molecule has 2 unspecified atom stereocenters. The van der Waals surface area contributed by atoms with E-state index in [4.69, 9.17) is 10.5 Å². The summed E-state index contributed by atoms with van der Waals surface area (Å²) in [5.74, 6) is -1.18. The summed E-state index contributed by atoms with van der Waals surface area (Å²) in [7, 11) is 0. The molecule has 15 heavy (non-hydrogen) atoms. The summed E-state index contributed by atoms with van der Waals surface area (Å²) in [6.07, 6.45) is 0. The standard InChI is InChI=1S/C11H12FNO2/c12-9-4-2-1-3-7(9)11(14)8-5-15-6-10(8)13/h1-4,8,10H,5-6,13H2. The minimum absolute atomic E-state index is 0.100. The normalized spacial score (nSPS) is 25.5. The Morgan fingerprint density at radius 3 is 2.73 bits per heavy atom. The topological polar surface area (TPSA) is 52.3 Å². The summed E-state index contributed by atoms with van der Waals surface area (Å²) in [5.41, 5.74) is 5.80. The lowest BCUT2D eigenvalue weighted by Crippen LogP contribution is -2.34. The molecule has 0 saturated carbocycles. The second-order valence-corrected chi connectivity index (χ2v) is 3.65. The smallest absolute Gasteiger partial charge is 0.172 e. The van der Waals surface area contributed by atoms with E-state index in [2.05, 4.69) is 0 Å². The van der Waals surface area contributed by atoms with Gasteiger partial charge in [-0.3, -0.25) is 4.79 Å². The van der Waals surface area contributed by atoms with Gasteiger partial charge in [0.2, 0.25) is 0 Å². The number of ketones is 1. The zero-order valence-electron chi connectivity index (χ0n) is 8.15. The second kappa shape index (κ2) is 4.08. The Hall–Kier alpha value is -1.26. The molecule has 1 fully saturated rings. The van der Waals surface area contributed by atoms with Crippen molar-refractivity contribution in [2.45, 2.75) is 6.04 Å². The van der Waals surface area contributed by atoms with E-state index in [9.17, 15) is 9.18 Å². The van der Waals surface area contributed by atoms with Crippen molar-refractivity contribution >= 4 is 5.78 Å². The Morgan fingerprint density at radius 2 is 2.13 bits per heavy atom. The van der Waals surface area contributed by atoms with Crippen molar-refractivity contribution in [1.82, 2.24) is 0 Å².